The lowest BCUT2D eigenvalue weighted by Crippen LogP contribution is -2.43. The predicted octanol–water partition coefficient (Wildman–Crippen LogP) is 2.41. The number of nitrogens with one attached hydrogen (secondary N) is 1. The monoisotopic (exact) mass is 290 g/mol. The Kier molecular flexibility index (Phi) is 5.20. The second-order valence-corrected chi connectivity index (χ2v) is 5.52. The fraction of sp³-hybridized carbons (Fsp3) is 0.500. The van der Waals surface area contributed by atoms with Gasteiger partial charge in [0.05, 0.1) is 12.7 Å². The first kappa shape index (κ1) is 15.4. The average Bonchev–Trinajstić information content (AvgIpc) is 2.53. The highest BCUT2D eigenvalue weighted by atomic mass is 16.5. The molecule has 1 saturated heterocycles. The number of esters is 1. The van der Waals surface area contributed by atoms with Crippen LogP contribution in [-0.4, -0.2) is 37.1 Å². The maximum atomic E-state index is 12.0. The van der Waals surface area contributed by atoms with Gasteiger partial charge in [-0.1, -0.05) is 19.1 Å². The van der Waals surface area contributed by atoms with Gasteiger partial charge in [-0.15, -0.1) is 0 Å². The summed E-state index contributed by atoms with van der Waals surface area (Å²) in [5.74, 6) is 0.355. The molecule has 114 valence electrons. The molecule has 1 fully saturated rings. The second-order valence-electron chi connectivity index (χ2n) is 5.52. The van der Waals surface area contributed by atoms with Crippen LogP contribution in [0.2, 0.25) is 0 Å². The predicted molar refractivity (Wildman–Crippen MR) is 80.0 cm³/mol. The molecule has 0 saturated carbocycles. The topological polar surface area (TPSA) is 58.6 Å². The Morgan fingerprint density at radius 3 is 2.43 bits per heavy atom. The van der Waals surface area contributed by atoms with Gasteiger partial charge in [0.15, 0.2) is 0 Å². The molecule has 0 atom stereocenters. The number of urea groups is 1. The van der Waals surface area contributed by atoms with Crippen LogP contribution in [-0.2, 0) is 11.3 Å². The standard InChI is InChI=1S/C16H22N2O3/c1-12-7-9-18(10-8-12)16(20)17-11-13-3-5-14(6-4-13)15(19)21-2/h3-6,12H,7-11H2,1-2H3,(H,17,20). The minimum Gasteiger partial charge on any atom is -0.465 e. The Balaban J connectivity index is 1.82. The van der Waals surface area contributed by atoms with Gasteiger partial charge in [-0.3, -0.25) is 0 Å². The zero-order valence-electron chi connectivity index (χ0n) is 12.6. The van der Waals surface area contributed by atoms with Gasteiger partial charge in [-0.25, -0.2) is 9.59 Å². The maximum absolute atomic E-state index is 12.0. The molecule has 21 heavy (non-hydrogen) atoms. The zero-order valence-corrected chi connectivity index (χ0v) is 12.6. The summed E-state index contributed by atoms with van der Waals surface area (Å²) in [7, 11) is 1.36. The molecule has 5 heteroatoms. The number of ether oxygens (including phenoxy) is 1. The van der Waals surface area contributed by atoms with Crippen LogP contribution in [0.4, 0.5) is 4.79 Å². The summed E-state index contributed by atoms with van der Waals surface area (Å²) < 4.78 is 4.65. The summed E-state index contributed by atoms with van der Waals surface area (Å²) in [5, 5.41) is 2.92. The van der Waals surface area contributed by atoms with E-state index in [0.717, 1.165) is 31.5 Å². The van der Waals surface area contributed by atoms with Crippen molar-refractivity contribution in [2.75, 3.05) is 20.2 Å². The Morgan fingerprint density at radius 1 is 1.24 bits per heavy atom. The number of rotatable bonds is 3. The lowest BCUT2D eigenvalue weighted by atomic mass is 10.00. The van der Waals surface area contributed by atoms with Crippen LogP contribution in [0.3, 0.4) is 0 Å². The van der Waals surface area contributed by atoms with Gasteiger partial charge in [0, 0.05) is 19.6 Å². The van der Waals surface area contributed by atoms with Crippen molar-refractivity contribution in [2.45, 2.75) is 26.3 Å². The van der Waals surface area contributed by atoms with Crippen LogP contribution in [0.15, 0.2) is 24.3 Å². The van der Waals surface area contributed by atoms with Gasteiger partial charge in [0.25, 0.3) is 0 Å². The van der Waals surface area contributed by atoms with E-state index < -0.39 is 0 Å². The third kappa shape index (κ3) is 4.21. The molecule has 1 aliphatic rings. The number of likely N-dealkylation sites (tertiary alicyclic amines) is 1. The van der Waals surface area contributed by atoms with Crippen molar-refractivity contribution < 1.29 is 14.3 Å². The Labute approximate surface area is 125 Å². The van der Waals surface area contributed by atoms with E-state index in [4.69, 9.17) is 0 Å². The first-order valence-electron chi connectivity index (χ1n) is 7.30. The number of piperidine rings is 1. The molecule has 0 unspecified atom stereocenters. The highest BCUT2D eigenvalue weighted by Gasteiger charge is 2.19. The number of carbonyl (C=O) groups excluding carboxylic acids is 2. The summed E-state index contributed by atoms with van der Waals surface area (Å²) >= 11 is 0. The molecule has 0 spiro atoms. The summed E-state index contributed by atoms with van der Waals surface area (Å²) in [4.78, 5) is 25.2. The molecule has 0 bridgehead atoms. The average molecular weight is 290 g/mol. The van der Waals surface area contributed by atoms with Crippen LogP contribution in [0.5, 0.6) is 0 Å². The summed E-state index contributed by atoms with van der Waals surface area (Å²) in [6, 6.07) is 7.04. The molecule has 0 aromatic heterocycles. The van der Waals surface area contributed by atoms with Gasteiger partial charge in [-0.05, 0) is 36.5 Å². The smallest absolute Gasteiger partial charge is 0.337 e. The SMILES string of the molecule is COC(=O)c1ccc(CNC(=O)N2CCC(C)CC2)cc1. The molecular weight excluding hydrogens is 268 g/mol. The Hall–Kier alpha value is -2.04. The van der Waals surface area contributed by atoms with Crippen molar-refractivity contribution in [3.8, 4) is 0 Å². The molecule has 2 amide bonds. The number of hydrogen-bond donors (Lipinski definition) is 1. The van der Waals surface area contributed by atoms with Crippen molar-refractivity contribution in [3.63, 3.8) is 0 Å². The number of amides is 2. The summed E-state index contributed by atoms with van der Waals surface area (Å²) in [6.07, 6.45) is 2.14. The van der Waals surface area contributed by atoms with Gasteiger partial charge in [0.1, 0.15) is 0 Å². The first-order chi connectivity index (χ1) is 10.1. The van der Waals surface area contributed by atoms with Crippen molar-refractivity contribution in [3.05, 3.63) is 35.4 Å². The highest BCUT2D eigenvalue weighted by molar-refractivity contribution is 5.89. The van der Waals surface area contributed by atoms with Crippen molar-refractivity contribution in [2.24, 2.45) is 5.92 Å². The first-order valence-corrected chi connectivity index (χ1v) is 7.30. The molecule has 0 aliphatic carbocycles. The van der Waals surface area contributed by atoms with Crippen LogP contribution >= 0.6 is 0 Å². The van der Waals surface area contributed by atoms with Crippen LogP contribution < -0.4 is 5.32 Å². The van der Waals surface area contributed by atoms with E-state index in [1.165, 1.54) is 7.11 Å². The number of carbonyl (C=O) groups is 2. The van der Waals surface area contributed by atoms with Crippen molar-refractivity contribution in [1.82, 2.24) is 10.2 Å². The highest BCUT2D eigenvalue weighted by Crippen LogP contribution is 2.15. The third-order valence-corrected chi connectivity index (χ3v) is 3.89. The molecule has 1 heterocycles. The number of methoxy groups -OCH3 is 1. The maximum Gasteiger partial charge on any atom is 0.337 e. The lowest BCUT2D eigenvalue weighted by molar-refractivity contribution is 0.0600. The molecule has 1 aromatic rings. The number of benzene rings is 1. The minimum absolute atomic E-state index is 0.0149. The Bertz CT molecular complexity index is 491. The lowest BCUT2D eigenvalue weighted by Gasteiger charge is -2.30. The summed E-state index contributed by atoms with van der Waals surface area (Å²) in [6.45, 7) is 4.34. The zero-order chi connectivity index (χ0) is 15.2. The minimum atomic E-state index is -0.354. The van der Waals surface area contributed by atoms with E-state index >= 15 is 0 Å². The molecular formula is C16H22N2O3. The molecule has 1 N–H and O–H groups in total. The number of nitrogens with zero attached hydrogens (tertiary/aromatic N) is 1. The van der Waals surface area contributed by atoms with E-state index in [9.17, 15) is 9.59 Å². The van der Waals surface area contributed by atoms with E-state index in [1.54, 1.807) is 12.1 Å². The van der Waals surface area contributed by atoms with Gasteiger partial charge in [0.2, 0.25) is 0 Å². The van der Waals surface area contributed by atoms with Crippen molar-refractivity contribution in [1.29, 1.82) is 0 Å². The molecule has 0 radical (unpaired) electrons. The van der Waals surface area contributed by atoms with Gasteiger partial charge in [-0.2, -0.15) is 0 Å². The van der Waals surface area contributed by atoms with Crippen molar-refractivity contribution >= 4 is 12.0 Å². The fourth-order valence-corrected chi connectivity index (χ4v) is 2.38. The largest absolute Gasteiger partial charge is 0.465 e. The molecule has 1 aliphatic heterocycles. The normalized spacial score (nSPS) is 15.6. The van der Waals surface area contributed by atoms with E-state index in [-0.39, 0.29) is 12.0 Å². The van der Waals surface area contributed by atoms with Crippen LogP contribution in [0, 0.1) is 5.92 Å². The molecule has 1 aromatic carbocycles. The quantitative estimate of drug-likeness (QED) is 0.870. The number of hydrogen-bond acceptors (Lipinski definition) is 3. The van der Waals surface area contributed by atoms with Crippen LogP contribution in [0.1, 0.15) is 35.7 Å². The van der Waals surface area contributed by atoms with Gasteiger partial charge < -0.3 is 15.0 Å². The third-order valence-electron chi connectivity index (χ3n) is 3.89. The van der Waals surface area contributed by atoms with E-state index in [0.29, 0.717) is 18.0 Å². The van der Waals surface area contributed by atoms with Crippen LogP contribution in [0.25, 0.3) is 0 Å². The second kappa shape index (κ2) is 7.11. The van der Waals surface area contributed by atoms with Gasteiger partial charge >= 0.3 is 12.0 Å². The Morgan fingerprint density at radius 2 is 1.86 bits per heavy atom. The fourth-order valence-electron chi connectivity index (χ4n) is 2.38. The van der Waals surface area contributed by atoms with E-state index in [1.807, 2.05) is 17.0 Å². The van der Waals surface area contributed by atoms with E-state index in [2.05, 4.69) is 17.0 Å². The summed E-state index contributed by atoms with van der Waals surface area (Å²) in [5.41, 5.74) is 1.47. The molecule has 5 nitrogen and oxygen atoms in total. The molecule has 2 rings (SSSR count).